The van der Waals surface area contributed by atoms with Crippen LogP contribution >= 0.6 is 11.3 Å². The van der Waals surface area contributed by atoms with Gasteiger partial charge < -0.3 is 5.32 Å². The molecule has 0 aliphatic heterocycles. The molecule has 0 aliphatic carbocycles. The maximum absolute atomic E-state index is 12.8. The predicted octanol–water partition coefficient (Wildman–Crippen LogP) is 5.34. The Hall–Kier alpha value is -3.76. The van der Waals surface area contributed by atoms with Crippen LogP contribution in [0.1, 0.15) is 36.9 Å². The molecule has 0 fully saturated rings. The summed E-state index contributed by atoms with van der Waals surface area (Å²) < 4.78 is 38.3. The number of halogens is 3. The van der Waals surface area contributed by atoms with Crippen LogP contribution in [0.3, 0.4) is 0 Å². The van der Waals surface area contributed by atoms with Gasteiger partial charge in [-0.25, -0.2) is 10.5 Å². The summed E-state index contributed by atoms with van der Waals surface area (Å²) in [5, 5.41) is 13.7. The van der Waals surface area contributed by atoms with Crippen molar-refractivity contribution in [3.8, 4) is 10.6 Å². The number of carbonyl (C=O) groups excluding carboxylic acids is 2. The Labute approximate surface area is 196 Å². The second kappa shape index (κ2) is 9.24. The molecule has 3 N–H and O–H groups in total. The monoisotopic (exact) mass is 485 g/mol. The van der Waals surface area contributed by atoms with Crippen molar-refractivity contribution in [2.24, 2.45) is 0 Å². The van der Waals surface area contributed by atoms with E-state index in [1.54, 1.807) is 48.8 Å². The SMILES string of the molecule is Cc1nc(-c2ccc(C(F)(F)F)cc2)sc1CNC(=O)c1ccc2cc(C(=O)NO)ccc2c1. The molecule has 34 heavy (non-hydrogen) atoms. The second-order valence-corrected chi connectivity index (χ2v) is 8.59. The van der Waals surface area contributed by atoms with Gasteiger partial charge in [-0.15, -0.1) is 11.3 Å². The molecule has 0 saturated heterocycles. The minimum Gasteiger partial charge on any atom is -0.347 e. The van der Waals surface area contributed by atoms with Crippen molar-refractivity contribution in [3.05, 3.63) is 87.9 Å². The second-order valence-electron chi connectivity index (χ2n) is 7.50. The van der Waals surface area contributed by atoms with Gasteiger partial charge in [0.05, 0.1) is 17.8 Å². The van der Waals surface area contributed by atoms with Gasteiger partial charge in [0.25, 0.3) is 11.8 Å². The minimum absolute atomic E-state index is 0.219. The van der Waals surface area contributed by atoms with E-state index >= 15 is 0 Å². The average molecular weight is 485 g/mol. The number of thiazole rings is 1. The van der Waals surface area contributed by atoms with E-state index in [9.17, 15) is 22.8 Å². The Kier molecular flexibility index (Phi) is 6.36. The molecule has 1 heterocycles. The summed E-state index contributed by atoms with van der Waals surface area (Å²) in [7, 11) is 0. The number of nitrogens with one attached hydrogen (secondary N) is 2. The Morgan fingerprint density at radius 3 is 2.09 bits per heavy atom. The molecule has 4 aromatic rings. The van der Waals surface area contributed by atoms with Gasteiger partial charge in [-0.2, -0.15) is 13.2 Å². The van der Waals surface area contributed by atoms with Crippen LogP contribution in [0.25, 0.3) is 21.3 Å². The number of rotatable bonds is 5. The molecule has 0 aliphatic rings. The number of alkyl halides is 3. The Balaban J connectivity index is 1.46. The van der Waals surface area contributed by atoms with E-state index in [2.05, 4.69) is 10.3 Å². The molecule has 1 aromatic heterocycles. The van der Waals surface area contributed by atoms with Crippen LogP contribution in [-0.4, -0.2) is 22.0 Å². The van der Waals surface area contributed by atoms with Gasteiger partial charge in [0.15, 0.2) is 0 Å². The van der Waals surface area contributed by atoms with Crippen LogP contribution in [0.4, 0.5) is 13.2 Å². The average Bonchev–Trinajstić information content (AvgIpc) is 3.21. The number of benzene rings is 3. The molecular weight excluding hydrogens is 467 g/mol. The van der Waals surface area contributed by atoms with E-state index in [0.717, 1.165) is 27.8 Å². The van der Waals surface area contributed by atoms with Gasteiger partial charge in [-0.1, -0.05) is 24.3 Å². The van der Waals surface area contributed by atoms with Crippen LogP contribution in [0.15, 0.2) is 60.7 Å². The molecule has 4 rings (SSSR count). The van der Waals surface area contributed by atoms with E-state index < -0.39 is 17.6 Å². The van der Waals surface area contributed by atoms with Crippen molar-refractivity contribution in [1.82, 2.24) is 15.8 Å². The molecule has 0 saturated carbocycles. The van der Waals surface area contributed by atoms with E-state index in [1.165, 1.54) is 23.5 Å². The molecule has 0 radical (unpaired) electrons. The molecule has 0 bridgehead atoms. The smallest absolute Gasteiger partial charge is 0.347 e. The number of nitrogens with zero attached hydrogens (tertiary/aromatic N) is 1. The van der Waals surface area contributed by atoms with Crippen molar-refractivity contribution < 1.29 is 28.0 Å². The highest BCUT2D eigenvalue weighted by Gasteiger charge is 2.30. The van der Waals surface area contributed by atoms with Gasteiger partial charge in [-0.05, 0) is 54.1 Å². The van der Waals surface area contributed by atoms with E-state index in [0.29, 0.717) is 21.8 Å². The third-order valence-electron chi connectivity index (χ3n) is 5.23. The van der Waals surface area contributed by atoms with E-state index in [-0.39, 0.29) is 18.0 Å². The highest BCUT2D eigenvalue weighted by Crippen LogP contribution is 2.33. The Morgan fingerprint density at radius 2 is 1.53 bits per heavy atom. The molecule has 3 aromatic carbocycles. The molecule has 0 unspecified atom stereocenters. The van der Waals surface area contributed by atoms with E-state index in [1.807, 2.05) is 0 Å². The number of aryl methyl sites for hydroxylation is 1. The molecule has 6 nitrogen and oxygen atoms in total. The van der Waals surface area contributed by atoms with Gasteiger partial charge in [0, 0.05) is 21.6 Å². The number of hydrogen-bond acceptors (Lipinski definition) is 5. The lowest BCUT2D eigenvalue weighted by molar-refractivity contribution is -0.137. The fourth-order valence-corrected chi connectivity index (χ4v) is 4.38. The van der Waals surface area contributed by atoms with Crippen LogP contribution in [-0.2, 0) is 12.7 Å². The van der Waals surface area contributed by atoms with Crippen LogP contribution in [0, 0.1) is 6.92 Å². The zero-order chi connectivity index (χ0) is 24.5. The summed E-state index contributed by atoms with van der Waals surface area (Å²) in [4.78, 5) is 29.4. The molecule has 10 heteroatoms. The minimum atomic E-state index is -4.40. The topological polar surface area (TPSA) is 91.3 Å². The highest BCUT2D eigenvalue weighted by atomic mass is 32.1. The lowest BCUT2D eigenvalue weighted by Crippen LogP contribution is -2.22. The molecule has 0 spiro atoms. The number of hydrogen-bond donors (Lipinski definition) is 3. The molecular formula is C24H18F3N3O3S. The third-order valence-corrected chi connectivity index (χ3v) is 6.43. The summed E-state index contributed by atoms with van der Waals surface area (Å²) in [5.41, 5.74) is 2.84. The zero-order valence-corrected chi connectivity index (χ0v) is 18.6. The first kappa shape index (κ1) is 23.4. The summed E-state index contributed by atoms with van der Waals surface area (Å²) in [6, 6.07) is 14.7. The van der Waals surface area contributed by atoms with Gasteiger partial charge in [-0.3, -0.25) is 14.8 Å². The number of carbonyl (C=O) groups is 2. The quantitative estimate of drug-likeness (QED) is 0.263. The predicted molar refractivity (Wildman–Crippen MR) is 122 cm³/mol. The lowest BCUT2D eigenvalue weighted by Gasteiger charge is -2.07. The first-order valence-corrected chi connectivity index (χ1v) is 10.9. The summed E-state index contributed by atoms with van der Waals surface area (Å²) in [6.07, 6.45) is -4.40. The maximum atomic E-state index is 12.8. The van der Waals surface area contributed by atoms with Crippen LogP contribution < -0.4 is 10.8 Å². The summed E-state index contributed by atoms with van der Waals surface area (Å²) in [6.45, 7) is 2.00. The van der Waals surface area contributed by atoms with E-state index in [4.69, 9.17) is 5.21 Å². The van der Waals surface area contributed by atoms with Crippen molar-refractivity contribution in [3.63, 3.8) is 0 Å². The Morgan fingerprint density at radius 1 is 0.941 bits per heavy atom. The number of amides is 2. The van der Waals surface area contributed by atoms with Crippen molar-refractivity contribution in [2.75, 3.05) is 0 Å². The zero-order valence-electron chi connectivity index (χ0n) is 17.7. The normalized spacial score (nSPS) is 11.4. The molecule has 2 amide bonds. The first-order chi connectivity index (χ1) is 16.2. The van der Waals surface area contributed by atoms with Crippen molar-refractivity contribution >= 4 is 33.9 Å². The van der Waals surface area contributed by atoms with Crippen molar-refractivity contribution in [1.29, 1.82) is 0 Å². The first-order valence-electron chi connectivity index (χ1n) is 10.1. The molecule has 174 valence electrons. The largest absolute Gasteiger partial charge is 0.416 e. The summed E-state index contributed by atoms with van der Waals surface area (Å²) in [5.74, 6) is -0.928. The van der Waals surface area contributed by atoms with Gasteiger partial charge in [0.1, 0.15) is 5.01 Å². The lowest BCUT2D eigenvalue weighted by atomic mass is 10.0. The fraction of sp³-hybridized carbons (Fsp3) is 0.125. The van der Waals surface area contributed by atoms with Crippen molar-refractivity contribution in [2.45, 2.75) is 19.6 Å². The standard InChI is InChI=1S/C24H18F3N3O3S/c1-13-20(34-23(29-13)14-6-8-19(9-7-14)24(25,26)27)12-28-21(31)17-4-2-16-11-18(22(32)30-33)5-3-15(16)10-17/h2-11,33H,12H2,1H3,(H,28,31)(H,30,32). The maximum Gasteiger partial charge on any atom is 0.416 e. The van der Waals surface area contributed by atoms with Gasteiger partial charge >= 0.3 is 6.18 Å². The number of fused-ring (bicyclic) bond motifs is 1. The van der Waals surface area contributed by atoms with Crippen LogP contribution in [0.2, 0.25) is 0 Å². The third kappa shape index (κ3) is 4.92. The molecule has 0 atom stereocenters. The number of hydroxylamine groups is 1. The summed E-state index contributed by atoms with van der Waals surface area (Å²) >= 11 is 1.31. The van der Waals surface area contributed by atoms with Crippen LogP contribution in [0.5, 0.6) is 0 Å². The fourth-order valence-electron chi connectivity index (χ4n) is 3.37. The Bertz CT molecular complexity index is 1380. The van der Waals surface area contributed by atoms with Gasteiger partial charge in [0.2, 0.25) is 0 Å². The highest BCUT2D eigenvalue weighted by molar-refractivity contribution is 7.15. The number of aromatic nitrogens is 1.